The summed E-state index contributed by atoms with van der Waals surface area (Å²) in [5, 5.41) is 0. The van der Waals surface area contributed by atoms with Crippen molar-refractivity contribution >= 4 is 0 Å². The average molecular weight is 288 g/mol. The van der Waals surface area contributed by atoms with Gasteiger partial charge >= 0.3 is 0 Å². The van der Waals surface area contributed by atoms with Crippen molar-refractivity contribution in [1.82, 2.24) is 4.90 Å². The summed E-state index contributed by atoms with van der Waals surface area (Å²) in [7, 11) is 0. The van der Waals surface area contributed by atoms with Crippen molar-refractivity contribution in [3.63, 3.8) is 0 Å². The molecule has 0 bridgehead atoms. The van der Waals surface area contributed by atoms with Gasteiger partial charge in [-0.05, 0) is 68.8 Å². The smallest absolute Gasteiger partial charge is 0.0470 e. The zero-order valence-corrected chi connectivity index (χ0v) is 14.1. The van der Waals surface area contributed by atoms with E-state index in [4.69, 9.17) is 5.73 Å². The van der Waals surface area contributed by atoms with Crippen LogP contribution in [0.15, 0.2) is 18.2 Å². The molecule has 118 valence electrons. The number of hydrogen-bond donors (Lipinski definition) is 1. The van der Waals surface area contributed by atoms with Crippen molar-refractivity contribution in [2.45, 2.75) is 58.9 Å². The summed E-state index contributed by atoms with van der Waals surface area (Å²) in [6.07, 6.45) is 6.78. The molecule has 0 amide bonds. The van der Waals surface area contributed by atoms with E-state index in [1.807, 2.05) is 0 Å². The molecular weight excluding hydrogens is 256 g/mol. The van der Waals surface area contributed by atoms with Crippen molar-refractivity contribution in [3.8, 4) is 0 Å². The number of rotatable bonds is 5. The Morgan fingerprint density at radius 1 is 1.19 bits per heavy atom. The molecule has 2 nitrogen and oxygen atoms in total. The molecular formula is C19H32N2. The van der Waals surface area contributed by atoms with Gasteiger partial charge in [-0.2, -0.15) is 0 Å². The Morgan fingerprint density at radius 3 is 2.67 bits per heavy atom. The average Bonchev–Trinajstić information content (AvgIpc) is 2.70. The highest BCUT2D eigenvalue weighted by Crippen LogP contribution is 2.28. The van der Waals surface area contributed by atoms with Gasteiger partial charge in [-0.15, -0.1) is 0 Å². The largest absolute Gasteiger partial charge is 0.329 e. The maximum Gasteiger partial charge on any atom is 0.0470 e. The molecule has 2 unspecified atom stereocenters. The fraction of sp³-hybridized carbons (Fsp3) is 0.684. The highest BCUT2D eigenvalue weighted by molar-refractivity contribution is 5.32. The molecule has 0 radical (unpaired) electrons. The molecule has 0 saturated carbocycles. The lowest BCUT2D eigenvalue weighted by molar-refractivity contribution is 0.206. The van der Waals surface area contributed by atoms with E-state index in [1.54, 1.807) is 0 Å². The molecule has 2 rings (SSSR count). The first-order valence-electron chi connectivity index (χ1n) is 8.67. The molecule has 21 heavy (non-hydrogen) atoms. The quantitative estimate of drug-likeness (QED) is 0.879. The summed E-state index contributed by atoms with van der Waals surface area (Å²) in [6.45, 7) is 9.82. The minimum Gasteiger partial charge on any atom is -0.329 e. The molecule has 2 heteroatoms. The van der Waals surface area contributed by atoms with Crippen molar-refractivity contribution in [2.75, 3.05) is 19.6 Å². The molecule has 1 saturated heterocycles. The molecule has 1 aromatic rings. The van der Waals surface area contributed by atoms with Crippen LogP contribution in [0.1, 0.15) is 61.8 Å². The van der Waals surface area contributed by atoms with Crippen molar-refractivity contribution < 1.29 is 0 Å². The Morgan fingerprint density at radius 2 is 2.00 bits per heavy atom. The predicted octanol–water partition coefficient (Wildman–Crippen LogP) is 4.21. The molecule has 1 aliphatic rings. The number of hydrogen-bond acceptors (Lipinski definition) is 2. The zero-order valence-electron chi connectivity index (χ0n) is 14.1. The maximum absolute atomic E-state index is 6.13. The van der Waals surface area contributed by atoms with E-state index in [1.165, 1.54) is 61.9 Å². The van der Waals surface area contributed by atoms with Crippen LogP contribution in [0.5, 0.6) is 0 Å². The van der Waals surface area contributed by atoms with E-state index in [2.05, 4.69) is 43.9 Å². The second kappa shape index (κ2) is 7.95. The first-order valence-corrected chi connectivity index (χ1v) is 8.67. The van der Waals surface area contributed by atoms with E-state index in [9.17, 15) is 0 Å². The molecule has 2 atom stereocenters. The van der Waals surface area contributed by atoms with Gasteiger partial charge in [-0.3, -0.25) is 4.90 Å². The lowest BCUT2D eigenvalue weighted by Crippen LogP contribution is -2.34. The zero-order chi connectivity index (χ0) is 15.2. The molecule has 0 spiro atoms. The third kappa shape index (κ3) is 4.31. The van der Waals surface area contributed by atoms with Gasteiger partial charge in [0, 0.05) is 12.6 Å². The lowest BCUT2D eigenvalue weighted by Gasteiger charge is -2.30. The summed E-state index contributed by atoms with van der Waals surface area (Å²) in [6, 6.07) is 7.24. The maximum atomic E-state index is 6.13. The molecule has 1 aliphatic heterocycles. The SMILES string of the molecule is CCCC1CCCN(C(CN)c2ccc(C)c(C)c2)CC1. The predicted molar refractivity (Wildman–Crippen MR) is 91.5 cm³/mol. The highest BCUT2D eigenvalue weighted by atomic mass is 15.2. The van der Waals surface area contributed by atoms with Crippen molar-refractivity contribution in [2.24, 2.45) is 11.7 Å². The summed E-state index contributed by atoms with van der Waals surface area (Å²) >= 11 is 0. The third-order valence-corrected chi connectivity index (χ3v) is 5.16. The molecule has 0 aromatic heterocycles. The molecule has 1 heterocycles. The van der Waals surface area contributed by atoms with Crippen LogP contribution in [0.2, 0.25) is 0 Å². The molecule has 1 fully saturated rings. The van der Waals surface area contributed by atoms with E-state index in [-0.39, 0.29) is 0 Å². The molecule has 1 aromatic carbocycles. The minimum absolute atomic E-state index is 0.393. The van der Waals surface area contributed by atoms with Crippen molar-refractivity contribution in [1.29, 1.82) is 0 Å². The Bertz CT molecular complexity index is 441. The molecule has 2 N–H and O–H groups in total. The second-order valence-electron chi connectivity index (χ2n) is 6.72. The van der Waals surface area contributed by atoms with Crippen LogP contribution < -0.4 is 5.73 Å². The highest BCUT2D eigenvalue weighted by Gasteiger charge is 2.23. The standard InChI is InChI=1S/C19H32N2/c1-4-6-17-7-5-11-21(12-10-17)19(14-20)18-9-8-15(2)16(3)13-18/h8-9,13,17,19H,4-7,10-12,14,20H2,1-3H3. The Hall–Kier alpha value is -0.860. The minimum atomic E-state index is 0.393. The van der Waals surface area contributed by atoms with Gasteiger partial charge in [0.25, 0.3) is 0 Å². The van der Waals surface area contributed by atoms with E-state index < -0.39 is 0 Å². The van der Waals surface area contributed by atoms with E-state index in [0.29, 0.717) is 6.04 Å². The van der Waals surface area contributed by atoms with Crippen LogP contribution in [0.3, 0.4) is 0 Å². The summed E-state index contributed by atoms with van der Waals surface area (Å²) < 4.78 is 0. The van der Waals surface area contributed by atoms with Crippen molar-refractivity contribution in [3.05, 3.63) is 34.9 Å². The fourth-order valence-corrected chi connectivity index (χ4v) is 3.66. The number of likely N-dealkylation sites (tertiary alicyclic amines) is 1. The number of aryl methyl sites for hydroxylation is 2. The normalized spacial score (nSPS) is 22.0. The van der Waals surface area contributed by atoms with Gasteiger partial charge in [-0.25, -0.2) is 0 Å². The van der Waals surface area contributed by atoms with E-state index in [0.717, 1.165) is 12.5 Å². The van der Waals surface area contributed by atoms with Gasteiger partial charge in [0.15, 0.2) is 0 Å². The Kier molecular flexibility index (Phi) is 6.25. The van der Waals surface area contributed by atoms with Crippen LogP contribution >= 0.6 is 0 Å². The Labute approximate surface area is 130 Å². The number of benzene rings is 1. The number of nitrogens with zero attached hydrogens (tertiary/aromatic N) is 1. The van der Waals surface area contributed by atoms with Gasteiger partial charge in [0.2, 0.25) is 0 Å². The van der Waals surface area contributed by atoms with Crippen LogP contribution in [-0.2, 0) is 0 Å². The van der Waals surface area contributed by atoms with Crippen LogP contribution in [0.4, 0.5) is 0 Å². The Balaban J connectivity index is 2.08. The molecule has 0 aliphatic carbocycles. The third-order valence-electron chi connectivity index (χ3n) is 5.16. The van der Waals surface area contributed by atoms with Crippen LogP contribution in [-0.4, -0.2) is 24.5 Å². The summed E-state index contributed by atoms with van der Waals surface area (Å²) in [5.74, 6) is 0.929. The summed E-state index contributed by atoms with van der Waals surface area (Å²) in [5.41, 5.74) is 10.3. The van der Waals surface area contributed by atoms with E-state index >= 15 is 0 Å². The van der Waals surface area contributed by atoms with Gasteiger partial charge < -0.3 is 5.73 Å². The first-order chi connectivity index (χ1) is 10.2. The lowest BCUT2D eigenvalue weighted by atomic mass is 9.96. The monoisotopic (exact) mass is 288 g/mol. The van der Waals surface area contributed by atoms with Gasteiger partial charge in [0.1, 0.15) is 0 Å². The van der Waals surface area contributed by atoms with Crippen LogP contribution in [0.25, 0.3) is 0 Å². The fourth-order valence-electron chi connectivity index (χ4n) is 3.66. The van der Waals surface area contributed by atoms with Gasteiger partial charge in [-0.1, -0.05) is 38.0 Å². The first kappa shape index (κ1) is 16.5. The second-order valence-corrected chi connectivity index (χ2v) is 6.72. The number of nitrogens with two attached hydrogens (primary N) is 1. The topological polar surface area (TPSA) is 29.3 Å². The van der Waals surface area contributed by atoms with Gasteiger partial charge in [0.05, 0.1) is 0 Å². The summed E-state index contributed by atoms with van der Waals surface area (Å²) in [4.78, 5) is 2.62. The van der Waals surface area contributed by atoms with Crippen LogP contribution in [0, 0.1) is 19.8 Å².